The molecule has 2 heterocycles. The van der Waals surface area contributed by atoms with Crippen LogP contribution < -0.4 is 0 Å². The molecule has 0 bridgehead atoms. The molecular formula is C13H19NO2. The SMILES string of the molecule is CC1CCN(C2C=CC3OC(=O)CC32)CC1. The van der Waals surface area contributed by atoms with Crippen molar-refractivity contribution in [3.63, 3.8) is 0 Å². The second-order valence-corrected chi connectivity index (χ2v) is 5.42. The van der Waals surface area contributed by atoms with Gasteiger partial charge in [0.15, 0.2) is 0 Å². The summed E-state index contributed by atoms with van der Waals surface area (Å²) in [5.41, 5.74) is 0. The van der Waals surface area contributed by atoms with Crippen LogP contribution in [0.25, 0.3) is 0 Å². The first kappa shape index (κ1) is 10.3. The zero-order chi connectivity index (χ0) is 11.1. The highest BCUT2D eigenvalue weighted by Crippen LogP contribution is 2.36. The molecule has 0 aromatic rings. The molecule has 3 aliphatic rings. The Kier molecular flexibility index (Phi) is 2.51. The molecule has 2 fully saturated rings. The van der Waals surface area contributed by atoms with E-state index in [0.29, 0.717) is 18.4 Å². The molecule has 3 atom stereocenters. The van der Waals surface area contributed by atoms with Crippen LogP contribution in [0.5, 0.6) is 0 Å². The van der Waals surface area contributed by atoms with Crippen molar-refractivity contribution in [1.29, 1.82) is 0 Å². The molecule has 0 N–H and O–H groups in total. The summed E-state index contributed by atoms with van der Waals surface area (Å²) in [6, 6.07) is 0.448. The Morgan fingerprint density at radius 1 is 1.31 bits per heavy atom. The minimum atomic E-state index is -0.0188. The van der Waals surface area contributed by atoms with Gasteiger partial charge in [-0.15, -0.1) is 0 Å². The van der Waals surface area contributed by atoms with Crippen LogP contribution in [0, 0.1) is 11.8 Å². The van der Waals surface area contributed by atoms with E-state index in [9.17, 15) is 4.79 Å². The monoisotopic (exact) mass is 221 g/mol. The van der Waals surface area contributed by atoms with E-state index in [1.165, 1.54) is 25.9 Å². The highest BCUT2D eigenvalue weighted by Gasteiger charge is 2.43. The molecular weight excluding hydrogens is 202 g/mol. The number of carbonyl (C=O) groups excluding carboxylic acids is 1. The third kappa shape index (κ3) is 1.67. The maximum absolute atomic E-state index is 11.3. The average molecular weight is 221 g/mol. The van der Waals surface area contributed by atoms with Gasteiger partial charge in [-0.3, -0.25) is 9.69 Å². The molecule has 3 unspecified atom stereocenters. The fraction of sp³-hybridized carbons (Fsp3) is 0.769. The highest BCUT2D eigenvalue weighted by atomic mass is 16.5. The van der Waals surface area contributed by atoms with Gasteiger partial charge in [-0.1, -0.05) is 13.0 Å². The predicted octanol–water partition coefficient (Wildman–Crippen LogP) is 1.59. The molecule has 0 saturated carbocycles. The molecule has 2 saturated heterocycles. The number of ether oxygens (including phenoxy) is 1. The lowest BCUT2D eigenvalue weighted by Gasteiger charge is -2.36. The topological polar surface area (TPSA) is 29.5 Å². The summed E-state index contributed by atoms with van der Waals surface area (Å²) in [5, 5.41) is 0. The zero-order valence-corrected chi connectivity index (χ0v) is 9.76. The quantitative estimate of drug-likeness (QED) is 0.497. The molecule has 1 aliphatic carbocycles. The molecule has 0 radical (unpaired) electrons. The Bertz CT molecular complexity index is 318. The van der Waals surface area contributed by atoms with Crippen molar-refractivity contribution in [2.75, 3.05) is 13.1 Å². The molecule has 0 aromatic carbocycles. The van der Waals surface area contributed by atoms with Gasteiger partial charge in [0.25, 0.3) is 0 Å². The Balaban J connectivity index is 1.67. The van der Waals surface area contributed by atoms with Crippen LogP contribution in [0.15, 0.2) is 12.2 Å². The van der Waals surface area contributed by atoms with Gasteiger partial charge in [0.2, 0.25) is 0 Å². The van der Waals surface area contributed by atoms with E-state index in [1.807, 2.05) is 0 Å². The molecule has 3 heteroatoms. The number of fused-ring (bicyclic) bond motifs is 1. The Morgan fingerprint density at radius 2 is 2.06 bits per heavy atom. The molecule has 0 amide bonds. The van der Waals surface area contributed by atoms with Crippen molar-refractivity contribution in [1.82, 2.24) is 4.90 Å². The van der Waals surface area contributed by atoms with Crippen LogP contribution in [0.4, 0.5) is 0 Å². The summed E-state index contributed by atoms with van der Waals surface area (Å²) in [4.78, 5) is 13.8. The summed E-state index contributed by atoms with van der Waals surface area (Å²) < 4.78 is 5.28. The molecule has 2 aliphatic heterocycles. The van der Waals surface area contributed by atoms with Crippen molar-refractivity contribution in [3.05, 3.63) is 12.2 Å². The standard InChI is InChI=1S/C13H19NO2/c1-9-4-6-14(7-5-9)11-2-3-12-10(11)8-13(15)16-12/h2-3,9-12H,4-8H2,1H3. The summed E-state index contributed by atoms with van der Waals surface area (Å²) in [5.74, 6) is 1.23. The summed E-state index contributed by atoms with van der Waals surface area (Å²) >= 11 is 0. The first-order valence-electron chi connectivity index (χ1n) is 6.36. The minimum absolute atomic E-state index is 0.0188. The first-order chi connectivity index (χ1) is 7.74. The van der Waals surface area contributed by atoms with Crippen LogP contribution in [0.2, 0.25) is 0 Å². The third-order valence-electron chi connectivity index (χ3n) is 4.27. The van der Waals surface area contributed by atoms with Gasteiger partial charge in [0, 0.05) is 12.0 Å². The number of likely N-dealkylation sites (tertiary alicyclic amines) is 1. The lowest BCUT2D eigenvalue weighted by atomic mass is 9.93. The van der Waals surface area contributed by atoms with Gasteiger partial charge < -0.3 is 4.74 Å². The largest absolute Gasteiger partial charge is 0.458 e. The van der Waals surface area contributed by atoms with Crippen LogP contribution >= 0.6 is 0 Å². The van der Waals surface area contributed by atoms with Crippen LogP contribution in [0.3, 0.4) is 0 Å². The van der Waals surface area contributed by atoms with E-state index in [4.69, 9.17) is 4.74 Å². The maximum Gasteiger partial charge on any atom is 0.306 e. The number of piperidine rings is 1. The average Bonchev–Trinajstić information content (AvgIpc) is 2.78. The lowest BCUT2D eigenvalue weighted by Crippen LogP contribution is -2.43. The Hall–Kier alpha value is -0.830. The maximum atomic E-state index is 11.3. The van der Waals surface area contributed by atoms with E-state index >= 15 is 0 Å². The van der Waals surface area contributed by atoms with E-state index in [2.05, 4.69) is 24.0 Å². The van der Waals surface area contributed by atoms with Gasteiger partial charge >= 0.3 is 5.97 Å². The number of esters is 1. The molecule has 0 spiro atoms. The minimum Gasteiger partial charge on any atom is -0.458 e. The van der Waals surface area contributed by atoms with Crippen LogP contribution in [0.1, 0.15) is 26.2 Å². The van der Waals surface area contributed by atoms with Gasteiger partial charge in [-0.05, 0) is 37.9 Å². The van der Waals surface area contributed by atoms with Crippen molar-refractivity contribution in [2.24, 2.45) is 11.8 Å². The second kappa shape index (κ2) is 3.88. The number of nitrogens with zero attached hydrogens (tertiary/aromatic N) is 1. The van der Waals surface area contributed by atoms with Gasteiger partial charge in [0.1, 0.15) is 6.10 Å². The zero-order valence-electron chi connectivity index (χ0n) is 9.76. The van der Waals surface area contributed by atoms with Gasteiger partial charge in [-0.2, -0.15) is 0 Å². The molecule has 3 rings (SSSR count). The lowest BCUT2D eigenvalue weighted by molar-refractivity contribution is -0.140. The normalized spacial score (nSPS) is 40.1. The molecule has 16 heavy (non-hydrogen) atoms. The Labute approximate surface area is 96.4 Å². The summed E-state index contributed by atoms with van der Waals surface area (Å²) in [7, 11) is 0. The molecule has 88 valence electrons. The van der Waals surface area contributed by atoms with Crippen molar-refractivity contribution < 1.29 is 9.53 Å². The number of carbonyl (C=O) groups is 1. The second-order valence-electron chi connectivity index (χ2n) is 5.42. The van der Waals surface area contributed by atoms with Crippen molar-refractivity contribution in [2.45, 2.75) is 38.3 Å². The van der Waals surface area contributed by atoms with Gasteiger partial charge in [-0.25, -0.2) is 0 Å². The first-order valence-corrected chi connectivity index (χ1v) is 6.36. The Morgan fingerprint density at radius 3 is 2.81 bits per heavy atom. The smallest absolute Gasteiger partial charge is 0.306 e. The fourth-order valence-corrected chi connectivity index (χ4v) is 3.18. The predicted molar refractivity (Wildman–Crippen MR) is 60.9 cm³/mol. The molecule has 0 aromatic heterocycles. The van der Waals surface area contributed by atoms with E-state index in [1.54, 1.807) is 0 Å². The van der Waals surface area contributed by atoms with E-state index < -0.39 is 0 Å². The number of hydrogen-bond donors (Lipinski definition) is 0. The summed E-state index contributed by atoms with van der Waals surface area (Å²) in [6.45, 7) is 4.67. The van der Waals surface area contributed by atoms with Crippen LogP contribution in [-0.4, -0.2) is 36.1 Å². The van der Waals surface area contributed by atoms with E-state index in [0.717, 1.165) is 5.92 Å². The third-order valence-corrected chi connectivity index (χ3v) is 4.27. The fourth-order valence-electron chi connectivity index (χ4n) is 3.18. The number of rotatable bonds is 1. The van der Waals surface area contributed by atoms with Crippen LogP contribution in [-0.2, 0) is 9.53 Å². The number of hydrogen-bond acceptors (Lipinski definition) is 3. The van der Waals surface area contributed by atoms with Crippen molar-refractivity contribution in [3.8, 4) is 0 Å². The van der Waals surface area contributed by atoms with Gasteiger partial charge in [0.05, 0.1) is 6.42 Å². The van der Waals surface area contributed by atoms with Crippen molar-refractivity contribution >= 4 is 5.97 Å². The molecule has 3 nitrogen and oxygen atoms in total. The van der Waals surface area contributed by atoms with E-state index in [-0.39, 0.29) is 12.1 Å². The highest BCUT2D eigenvalue weighted by molar-refractivity contribution is 5.73. The summed E-state index contributed by atoms with van der Waals surface area (Å²) in [6.07, 6.45) is 7.58.